The summed E-state index contributed by atoms with van der Waals surface area (Å²) in [4.78, 5) is 23.1. The van der Waals surface area contributed by atoms with Crippen LogP contribution in [-0.4, -0.2) is 29.7 Å². The summed E-state index contributed by atoms with van der Waals surface area (Å²) in [6, 6.07) is 4.86. The molecule has 0 atom stereocenters. The van der Waals surface area contributed by atoms with E-state index in [4.69, 9.17) is 0 Å². The van der Waals surface area contributed by atoms with Gasteiger partial charge in [0, 0.05) is 36.6 Å². The molecule has 110 valence electrons. The van der Waals surface area contributed by atoms with Crippen LogP contribution in [0.3, 0.4) is 0 Å². The molecular weight excluding hydrogens is 284 g/mol. The van der Waals surface area contributed by atoms with Crippen molar-refractivity contribution >= 4 is 5.69 Å². The fourth-order valence-electron chi connectivity index (χ4n) is 2.16. The van der Waals surface area contributed by atoms with Crippen molar-refractivity contribution in [2.75, 3.05) is 0 Å². The summed E-state index contributed by atoms with van der Waals surface area (Å²) in [5.41, 5.74) is 1.99. The number of nitrogens with zero attached hydrogens (tertiary/aromatic N) is 6. The molecule has 0 aliphatic rings. The van der Waals surface area contributed by atoms with Crippen LogP contribution >= 0.6 is 0 Å². The summed E-state index contributed by atoms with van der Waals surface area (Å²) >= 11 is 0. The molecule has 0 fully saturated rings. The van der Waals surface area contributed by atoms with E-state index in [-0.39, 0.29) is 5.69 Å². The van der Waals surface area contributed by atoms with Crippen molar-refractivity contribution in [2.45, 2.75) is 6.92 Å². The zero-order chi connectivity index (χ0) is 15.7. The Morgan fingerprint density at radius 3 is 2.73 bits per heavy atom. The fraction of sp³-hybridized carbons (Fsp3) is 0.143. The molecule has 8 nitrogen and oxygen atoms in total. The third kappa shape index (κ3) is 2.41. The number of aromatic nitrogens is 5. The van der Waals surface area contributed by atoms with Crippen molar-refractivity contribution in [2.24, 2.45) is 7.05 Å². The molecule has 0 N–H and O–H groups in total. The highest BCUT2D eigenvalue weighted by molar-refractivity contribution is 5.62. The lowest BCUT2D eigenvalue weighted by Gasteiger charge is -2.02. The third-order valence-corrected chi connectivity index (χ3v) is 3.21. The Bertz CT molecular complexity index is 844. The van der Waals surface area contributed by atoms with E-state index in [0.717, 1.165) is 5.56 Å². The van der Waals surface area contributed by atoms with Crippen LogP contribution < -0.4 is 0 Å². The second kappa shape index (κ2) is 5.32. The van der Waals surface area contributed by atoms with Gasteiger partial charge in [-0.2, -0.15) is 0 Å². The Morgan fingerprint density at radius 1 is 1.27 bits per heavy atom. The highest BCUT2D eigenvalue weighted by atomic mass is 16.6. The number of hydrogen-bond acceptors (Lipinski definition) is 6. The van der Waals surface area contributed by atoms with Gasteiger partial charge in [-0.15, -0.1) is 5.10 Å². The Morgan fingerprint density at radius 2 is 2.09 bits per heavy atom. The smallest absolute Gasteiger partial charge is 0.261 e. The summed E-state index contributed by atoms with van der Waals surface area (Å²) in [5, 5.41) is 15.2. The van der Waals surface area contributed by atoms with Crippen LogP contribution in [0.25, 0.3) is 22.9 Å². The quantitative estimate of drug-likeness (QED) is 0.542. The molecule has 3 rings (SSSR count). The van der Waals surface area contributed by atoms with Crippen molar-refractivity contribution < 1.29 is 4.92 Å². The zero-order valence-corrected chi connectivity index (χ0v) is 12.0. The molecule has 0 unspecified atom stereocenters. The molecule has 0 amide bonds. The summed E-state index contributed by atoms with van der Waals surface area (Å²) < 4.78 is 1.62. The van der Waals surface area contributed by atoms with Gasteiger partial charge in [0.05, 0.1) is 11.1 Å². The van der Waals surface area contributed by atoms with Crippen LogP contribution in [-0.2, 0) is 7.05 Å². The number of benzene rings is 1. The fourth-order valence-corrected chi connectivity index (χ4v) is 2.16. The Balaban J connectivity index is 2.04. The molecule has 0 saturated heterocycles. The van der Waals surface area contributed by atoms with E-state index < -0.39 is 4.92 Å². The van der Waals surface area contributed by atoms with Crippen molar-refractivity contribution in [1.82, 2.24) is 24.7 Å². The first-order valence-corrected chi connectivity index (χ1v) is 6.49. The van der Waals surface area contributed by atoms with Crippen molar-refractivity contribution in [3.63, 3.8) is 0 Å². The zero-order valence-electron chi connectivity index (χ0n) is 12.0. The Labute approximate surface area is 125 Å². The molecule has 3 aromatic rings. The Kier molecular flexibility index (Phi) is 3.34. The molecule has 2 aromatic heterocycles. The SMILES string of the molecule is Cc1cc(-c2nc(-c3cnccn3)nn2C)ccc1[N+](=O)[O-]. The lowest BCUT2D eigenvalue weighted by atomic mass is 10.1. The largest absolute Gasteiger partial charge is 0.272 e. The molecule has 1 aromatic carbocycles. The van der Waals surface area contributed by atoms with Gasteiger partial charge < -0.3 is 0 Å². The summed E-state index contributed by atoms with van der Waals surface area (Å²) in [5.74, 6) is 1.07. The molecule has 0 spiro atoms. The monoisotopic (exact) mass is 296 g/mol. The topological polar surface area (TPSA) is 99.6 Å². The van der Waals surface area contributed by atoms with Crippen LogP contribution in [0, 0.1) is 17.0 Å². The average Bonchev–Trinajstić information content (AvgIpc) is 2.89. The van der Waals surface area contributed by atoms with Crippen molar-refractivity contribution in [1.29, 1.82) is 0 Å². The van der Waals surface area contributed by atoms with Crippen LogP contribution in [0.4, 0.5) is 5.69 Å². The molecular formula is C14H12N6O2. The van der Waals surface area contributed by atoms with Gasteiger partial charge in [-0.1, -0.05) is 0 Å². The first kappa shape index (κ1) is 13.8. The number of hydrogen-bond donors (Lipinski definition) is 0. The minimum atomic E-state index is -0.402. The van der Waals surface area contributed by atoms with Gasteiger partial charge in [0.25, 0.3) is 5.69 Å². The lowest BCUT2D eigenvalue weighted by Crippen LogP contribution is -1.96. The number of aryl methyl sites for hydroxylation is 2. The van der Waals surface area contributed by atoms with Crippen LogP contribution in [0.5, 0.6) is 0 Å². The number of nitro groups is 1. The van der Waals surface area contributed by atoms with E-state index in [1.807, 2.05) is 0 Å². The molecule has 0 aliphatic heterocycles. The highest BCUT2D eigenvalue weighted by Crippen LogP contribution is 2.26. The first-order chi connectivity index (χ1) is 10.6. The van der Waals surface area contributed by atoms with Crippen molar-refractivity contribution in [3.8, 4) is 22.9 Å². The van der Waals surface area contributed by atoms with Gasteiger partial charge in [-0.3, -0.25) is 15.1 Å². The maximum Gasteiger partial charge on any atom is 0.272 e. The van der Waals surface area contributed by atoms with E-state index in [1.54, 1.807) is 49.4 Å². The van der Waals surface area contributed by atoms with E-state index in [0.29, 0.717) is 22.9 Å². The maximum atomic E-state index is 10.9. The van der Waals surface area contributed by atoms with E-state index in [1.165, 1.54) is 6.07 Å². The van der Waals surface area contributed by atoms with E-state index >= 15 is 0 Å². The van der Waals surface area contributed by atoms with Gasteiger partial charge >= 0.3 is 0 Å². The minimum Gasteiger partial charge on any atom is -0.261 e. The lowest BCUT2D eigenvalue weighted by molar-refractivity contribution is -0.385. The second-order valence-electron chi connectivity index (χ2n) is 4.73. The van der Waals surface area contributed by atoms with Gasteiger partial charge in [0.15, 0.2) is 5.82 Å². The van der Waals surface area contributed by atoms with Gasteiger partial charge in [-0.25, -0.2) is 14.6 Å². The molecule has 8 heteroatoms. The third-order valence-electron chi connectivity index (χ3n) is 3.21. The molecule has 2 heterocycles. The second-order valence-corrected chi connectivity index (χ2v) is 4.73. The van der Waals surface area contributed by atoms with Crippen LogP contribution in [0.15, 0.2) is 36.8 Å². The van der Waals surface area contributed by atoms with Gasteiger partial charge in [0.1, 0.15) is 5.69 Å². The Hall–Kier alpha value is -3.16. The van der Waals surface area contributed by atoms with E-state index in [9.17, 15) is 10.1 Å². The predicted molar refractivity (Wildman–Crippen MR) is 78.9 cm³/mol. The number of rotatable bonds is 3. The van der Waals surface area contributed by atoms with Gasteiger partial charge in [-0.05, 0) is 19.1 Å². The van der Waals surface area contributed by atoms with Crippen LogP contribution in [0.2, 0.25) is 0 Å². The van der Waals surface area contributed by atoms with E-state index in [2.05, 4.69) is 20.1 Å². The maximum absolute atomic E-state index is 10.9. The summed E-state index contributed by atoms with van der Waals surface area (Å²) in [7, 11) is 1.76. The first-order valence-electron chi connectivity index (χ1n) is 6.49. The minimum absolute atomic E-state index is 0.0834. The van der Waals surface area contributed by atoms with Gasteiger partial charge in [0.2, 0.25) is 5.82 Å². The standard InChI is InChI=1S/C14H12N6O2/c1-9-7-10(3-4-12(9)20(21)22)14-17-13(18-19(14)2)11-8-15-5-6-16-11/h3-8H,1-2H3. The predicted octanol–water partition coefficient (Wildman–Crippen LogP) is 2.16. The van der Waals surface area contributed by atoms with Crippen LogP contribution in [0.1, 0.15) is 5.56 Å². The summed E-state index contributed by atoms with van der Waals surface area (Å²) in [6.45, 7) is 1.70. The summed E-state index contributed by atoms with van der Waals surface area (Å²) in [6.07, 6.45) is 4.73. The highest BCUT2D eigenvalue weighted by Gasteiger charge is 2.15. The molecule has 22 heavy (non-hydrogen) atoms. The molecule has 0 bridgehead atoms. The average molecular weight is 296 g/mol. The number of nitro benzene ring substituents is 1. The molecule has 0 radical (unpaired) electrons. The van der Waals surface area contributed by atoms with Crippen molar-refractivity contribution in [3.05, 3.63) is 52.5 Å². The molecule has 0 saturated carbocycles. The normalized spacial score (nSPS) is 10.6. The molecule has 0 aliphatic carbocycles.